The monoisotopic (exact) mass is 294 g/mol. The Morgan fingerprint density at radius 3 is 2.65 bits per heavy atom. The predicted octanol–water partition coefficient (Wildman–Crippen LogP) is 2.93. The van der Waals surface area contributed by atoms with E-state index in [1.165, 1.54) is 19.3 Å². The van der Waals surface area contributed by atoms with Crippen molar-refractivity contribution in [3.63, 3.8) is 0 Å². The number of anilines is 1. The zero-order valence-electron chi connectivity index (χ0n) is 12.3. The average Bonchev–Trinajstić information content (AvgIpc) is 3.19. The summed E-state index contributed by atoms with van der Waals surface area (Å²) in [5, 5.41) is 0.586. The summed E-state index contributed by atoms with van der Waals surface area (Å²) in [6, 6.07) is 2.56. The van der Waals surface area contributed by atoms with Gasteiger partial charge < -0.3 is 4.90 Å². The highest BCUT2D eigenvalue weighted by atomic mass is 35.5. The van der Waals surface area contributed by atoms with Crippen molar-refractivity contribution in [3.05, 3.63) is 17.0 Å². The van der Waals surface area contributed by atoms with Gasteiger partial charge in [0.2, 0.25) is 0 Å². The number of nitrogens with zero attached hydrogens (tertiary/aromatic N) is 4. The number of aromatic nitrogens is 2. The van der Waals surface area contributed by atoms with Crippen molar-refractivity contribution in [2.24, 2.45) is 0 Å². The molecule has 1 saturated carbocycles. The third-order valence-electron chi connectivity index (χ3n) is 4.46. The van der Waals surface area contributed by atoms with Gasteiger partial charge in [0.05, 0.1) is 0 Å². The molecule has 110 valence electrons. The molecule has 20 heavy (non-hydrogen) atoms. The lowest BCUT2D eigenvalue weighted by Crippen LogP contribution is -2.37. The van der Waals surface area contributed by atoms with Crippen molar-refractivity contribution in [2.45, 2.75) is 45.1 Å². The van der Waals surface area contributed by atoms with Gasteiger partial charge in [0.15, 0.2) is 0 Å². The van der Waals surface area contributed by atoms with E-state index >= 15 is 0 Å². The van der Waals surface area contributed by atoms with E-state index in [-0.39, 0.29) is 0 Å². The van der Waals surface area contributed by atoms with Crippen LogP contribution in [0.3, 0.4) is 0 Å². The van der Waals surface area contributed by atoms with Crippen molar-refractivity contribution < 1.29 is 0 Å². The molecule has 2 heterocycles. The van der Waals surface area contributed by atoms with Gasteiger partial charge in [0.1, 0.15) is 16.8 Å². The molecular weight excluding hydrogens is 272 g/mol. The normalized spacial score (nSPS) is 22.8. The van der Waals surface area contributed by atoms with Gasteiger partial charge in [0, 0.05) is 31.1 Å². The molecule has 0 aromatic carbocycles. The van der Waals surface area contributed by atoms with Crippen LogP contribution in [0.25, 0.3) is 0 Å². The van der Waals surface area contributed by atoms with Crippen LogP contribution in [0.1, 0.15) is 44.9 Å². The molecule has 1 aromatic heterocycles. The fourth-order valence-electron chi connectivity index (χ4n) is 3.10. The number of halogens is 1. The minimum Gasteiger partial charge on any atom is -0.355 e. The van der Waals surface area contributed by atoms with Gasteiger partial charge in [-0.1, -0.05) is 25.4 Å². The van der Waals surface area contributed by atoms with Crippen molar-refractivity contribution in [3.8, 4) is 0 Å². The molecule has 1 saturated heterocycles. The minimum atomic E-state index is 0.550. The van der Waals surface area contributed by atoms with E-state index in [1.807, 2.05) is 6.07 Å². The van der Waals surface area contributed by atoms with E-state index in [0.29, 0.717) is 17.1 Å². The molecule has 1 aromatic rings. The molecule has 3 rings (SSSR count). The second-order valence-corrected chi connectivity index (χ2v) is 6.18. The zero-order chi connectivity index (χ0) is 14.1. The first-order valence-electron chi connectivity index (χ1n) is 7.74. The highest BCUT2D eigenvalue weighted by Gasteiger charge is 2.30. The quantitative estimate of drug-likeness (QED) is 0.782. The van der Waals surface area contributed by atoms with Crippen LogP contribution in [0.2, 0.25) is 5.15 Å². The highest BCUT2D eigenvalue weighted by molar-refractivity contribution is 6.29. The maximum Gasteiger partial charge on any atom is 0.135 e. The molecule has 0 N–H and O–H groups in total. The molecule has 0 bridgehead atoms. The van der Waals surface area contributed by atoms with Gasteiger partial charge in [0.25, 0.3) is 0 Å². The van der Waals surface area contributed by atoms with Crippen LogP contribution < -0.4 is 4.90 Å². The van der Waals surface area contributed by atoms with Crippen LogP contribution in [0.15, 0.2) is 6.07 Å². The van der Waals surface area contributed by atoms with Crippen molar-refractivity contribution >= 4 is 17.4 Å². The molecular formula is C15H23ClN4. The van der Waals surface area contributed by atoms with E-state index in [9.17, 15) is 0 Å². The molecule has 0 spiro atoms. The van der Waals surface area contributed by atoms with E-state index in [1.54, 1.807) is 0 Å². The maximum absolute atomic E-state index is 6.17. The summed E-state index contributed by atoms with van der Waals surface area (Å²) in [7, 11) is 0. The molecule has 2 aliphatic rings. The first-order chi connectivity index (χ1) is 9.71. The molecule has 0 radical (unpaired) electrons. The Hall–Kier alpha value is -0.870. The maximum atomic E-state index is 6.17. The molecule has 1 aliphatic heterocycles. The first kappa shape index (κ1) is 14.1. The van der Waals surface area contributed by atoms with Crippen molar-refractivity contribution in [1.29, 1.82) is 0 Å². The topological polar surface area (TPSA) is 32.3 Å². The Kier molecular flexibility index (Phi) is 4.13. The summed E-state index contributed by atoms with van der Waals surface area (Å²) in [5.41, 5.74) is 0. The summed E-state index contributed by atoms with van der Waals surface area (Å²) >= 11 is 6.17. The summed E-state index contributed by atoms with van der Waals surface area (Å²) in [6.07, 6.45) is 3.63. The molecule has 1 atom stereocenters. The van der Waals surface area contributed by atoms with E-state index in [4.69, 9.17) is 16.6 Å². The predicted molar refractivity (Wildman–Crippen MR) is 82.6 cm³/mol. The van der Waals surface area contributed by atoms with Crippen LogP contribution in [-0.4, -0.2) is 47.1 Å². The van der Waals surface area contributed by atoms with Crippen LogP contribution in [0, 0.1) is 0 Å². The van der Waals surface area contributed by atoms with Gasteiger partial charge in [-0.25, -0.2) is 9.97 Å². The molecule has 0 amide bonds. The third kappa shape index (κ3) is 2.91. The van der Waals surface area contributed by atoms with Gasteiger partial charge in [-0.3, -0.25) is 4.90 Å². The van der Waals surface area contributed by atoms with Crippen LogP contribution in [-0.2, 0) is 0 Å². The highest BCUT2D eigenvalue weighted by Crippen LogP contribution is 2.39. The SMILES string of the molecule is CCN(CC)C1CCN(c2cc(Cl)nc(C3CC3)n2)C1. The smallest absolute Gasteiger partial charge is 0.135 e. The van der Waals surface area contributed by atoms with Gasteiger partial charge in [-0.2, -0.15) is 0 Å². The number of likely N-dealkylation sites (N-methyl/N-ethyl adjacent to an activating group) is 1. The molecule has 1 unspecified atom stereocenters. The second kappa shape index (κ2) is 5.86. The molecule has 4 nitrogen and oxygen atoms in total. The van der Waals surface area contributed by atoms with Gasteiger partial charge in [-0.15, -0.1) is 0 Å². The molecule has 5 heteroatoms. The van der Waals surface area contributed by atoms with Crippen molar-refractivity contribution in [2.75, 3.05) is 31.1 Å². The average molecular weight is 295 g/mol. The number of hydrogen-bond donors (Lipinski definition) is 0. The van der Waals surface area contributed by atoms with E-state index < -0.39 is 0 Å². The summed E-state index contributed by atoms with van der Waals surface area (Å²) < 4.78 is 0. The zero-order valence-corrected chi connectivity index (χ0v) is 13.1. The van der Waals surface area contributed by atoms with Crippen LogP contribution >= 0.6 is 11.6 Å². The van der Waals surface area contributed by atoms with Crippen LogP contribution in [0.4, 0.5) is 5.82 Å². The Balaban J connectivity index is 1.74. The Morgan fingerprint density at radius 1 is 1.25 bits per heavy atom. The number of rotatable bonds is 5. The second-order valence-electron chi connectivity index (χ2n) is 5.79. The van der Waals surface area contributed by atoms with E-state index in [0.717, 1.165) is 37.8 Å². The Labute approximate surface area is 126 Å². The standard InChI is InChI=1S/C15H23ClN4/c1-3-19(4-2)12-7-8-20(10-12)14-9-13(16)17-15(18-14)11-5-6-11/h9,11-12H,3-8,10H2,1-2H3. The lowest BCUT2D eigenvalue weighted by atomic mass is 10.2. The lowest BCUT2D eigenvalue weighted by molar-refractivity contribution is 0.232. The van der Waals surface area contributed by atoms with Gasteiger partial charge >= 0.3 is 0 Å². The van der Waals surface area contributed by atoms with Crippen LogP contribution in [0.5, 0.6) is 0 Å². The lowest BCUT2D eigenvalue weighted by Gasteiger charge is -2.26. The molecule has 2 fully saturated rings. The van der Waals surface area contributed by atoms with Crippen molar-refractivity contribution in [1.82, 2.24) is 14.9 Å². The minimum absolute atomic E-state index is 0.550. The fraction of sp³-hybridized carbons (Fsp3) is 0.733. The Bertz CT molecular complexity index is 471. The first-order valence-corrected chi connectivity index (χ1v) is 8.12. The molecule has 1 aliphatic carbocycles. The summed E-state index contributed by atoms with van der Waals surface area (Å²) in [4.78, 5) is 14.0. The van der Waals surface area contributed by atoms with Gasteiger partial charge in [-0.05, 0) is 32.4 Å². The summed E-state index contributed by atoms with van der Waals surface area (Å²) in [5.74, 6) is 2.51. The third-order valence-corrected chi connectivity index (χ3v) is 4.65. The number of hydrogen-bond acceptors (Lipinski definition) is 4. The fourth-order valence-corrected chi connectivity index (χ4v) is 3.28. The van der Waals surface area contributed by atoms with E-state index in [2.05, 4.69) is 28.6 Å². The Morgan fingerprint density at radius 2 is 2.00 bits per heavy atom. The summed E-state index contributed by atoms with van der Waals surface area (Å²) in [6.45, 7) is 8.83. The largest absolute Gasteiger partial charge is 0.355 e.